The van der Waals surface area contributed by atoms with Crippen molar-refractivity contribution in [2.45, 2.75) is 37.9 Å². The third kappa shape index (κ3) is 6.27. The molecule has 0 radical (unpaired) electrons. The number of nitrogens with zero attached hydrogens (tertiary/aromatic N) is 5. The van der Waals surface area contributed by atoms with Crippen LogP contribution in [0.4, 0.5) is 10.7 Å². The zero-order valence-electron chi connectivity index (χ0n) is 18.1. The van der Waals surface area contributed by atoms with E-state index in [0.717, 1.165) is 6.26 Å². The molecule has 0 aliphatic carbocycles. The van der Waals surface area contributed by atoms with Gasteiger partial charge in [-0.15, -0.1) is 0 Å². The summed E-state index contributed by atoms with van der Waals surface area (Å²) in [5, 5.41) is 0. The van der Waals surface area contributed by atoms with Crippen molar-refractivity contribution in [3.63, 3.8) is 0 Å². The van der Waals surface area contributed by atoms with Crippen LogP contribution in [0.2, 0.25) is 0 Å². The van der Waals surface area contributed by atoms with E-state index in [0.29, 0.717) is 43.4 Å². The maximum atomic E-state index is 12.2. The van der Waals surface area contributed by atoms with E-state index in [1.54, 1.807) is 23.4 Å². The van der Waals surface area contributed by atoms with E-state index in [4.69, 9.17) is 9.47 Å². The van der Waals surface area contributed by atoms with Gasteiger partial charge in [-0.2, -0.15) is 0 Å². The Morgan fingerprint density at radius 3 is 2.32 bits per heavy atom. The number of aromatic nitrogens is 3. The molecule has 0 unspecified atom stereocenters. The molecule has 1 aliphatic heterocycles. The fourth-order valence-corrected chi connectivity index (χ4v) is 3.84. The first-order valence-electron chi connectivity index (χ1n) is 9.83. The molecule has 0 bridgehead atoms. The topological polar surface area (TPSA) is 115 Å². The van der Waals surface area contributed by atoms with Crippen LogP contribution in [-0.4, -0.2) is 72.4 Å². The number of anilines is 1. The number of pyridine rings is 1. The summed E-state index contributed by atoms with van der Waals surface area (Å²) in [6.45, 7) is 7.81. The lowest BCUT2D eigenvalue weighted by molar-refractivity contribution is 0.0240. The molecule has 31 heavy (non-hydrogen) atoms. The van der Waals surface area contributed by atoms with Crippen LogP contribution >= 0.6 is 0 Å². The van der Waals surface area contributed by atoms with Crippen LogP contribution in [0.15, 0.2) is 35.7 Å². The average molecular weight is 450 g/mol. The van der Waals surface area contributed by atoms with Crippen molar-refractivity contribution in [2.24, 2.45) is 0 Å². The normalized spacial score (nSPS) is 15.0. The van der Waals surface area contributed by atoms with Gasteiger partial charge in [0.1, 0.15) is 12.2 Å². The Labute approximate surface area is 182 Å². The zero-order chi connectivity index (χ0) is 22.6. The molecule has 1 saturated heterocycles. The number of piperazine rings is 1. The Balaban J connectivity index is 1.55. The van der Waals surface area contributed by atoms with Gasteiger partial charge < -0.3 is 19.3 Å². The number of rotatable bonds is 5. The van der Waals surface area contributed by atoms with Crippen LogP contribution in [0.3, 0.4) is 0 Å². The minimum Gasteiger partial charge on any atom is -0.486 e. The molecule has 3 heterocycles. The van der Waals surface area contributed by atoms with Crippen LogP contribution < -0.4 is 9.64 Å². The van der Waals surface area contributed by atoms with Gasteiger partial charge in [0.15, 0.2) is 15.6 Å². The summed E-state index contributed by atoms with van der Waals surface area (Å²) in [5.41, 5.74) is -0.00858. The number of hydrogen-bond acceptors (Lipinski definition) is 9. The third-order valence-electron chi connectivity index (χ3n) is 4.49. The Kier molecular flexibility index (Phi) is 6.63. The van der Waals surface area contributed by atoms with Gasteiger partial charge in [-0.3, -0.25) is 4.98 Å². The molecule has 0 spiro atoms. The highest BCUT2D eigenvalue weighted by Gasteiger charge is 2.26. The molecule has 1 aliphatic rings. The molecule has 3 rings (SSSR count). The SMILES string of the molecule is CC(C)(C)OC(=O)N1CCN(c2ncc(OCc3ccncc3S(C)(=O)=O)cn2)CC1. The number of carbonyl (C=O) groups excluding carboxylic acids is 1. The molecule has 1 fully saturated rings. The van der Waals surface area contributed by atoms with Gasteiger partial charge in [0.05, 0.1) is 17.3 Å². The van der Waals surface area contributed by atoms with E-state index < -0.39 is 15.4 Å². The molecule has 0 atom stereocenters. The predicted octanol–water partition coefficient (Wildman–Crippen LogP) is 1.91. The molecular formula is C20H27N5O5S. The van der Waals surface area contributed by atoms with Crippen molar-refractivity contribution < 1.29 is 22.7 Å². The monoisotopic (exact) mass is 449 g/mol. The Morgan fingerprint density at radius 2 is 1.74 bits per heavy atom. The molecule has 10 nitrogen and oxygen atoms in total. The highest BCUT2D eigenvalue weighted by molar-refractivity contribution is 7.90. The predicted molar refractivity (Wildman–Crippen MR) is 114 cm³/mol. The van der Waals surface area contributed by atoms with Crippen LogP contribution in [-0.2, 0) is 21.2 Å². The molecule has 11 heteroatoms. The Morgan fingerprint density at radius 1 is 1.10 bits per heavy atom. The summed E-state index contributed by atoms with van der Waals surface area (Å²) in [4.78, 5) is 28.5. The first-order valence-corrected chi connectivity index (χ1v) is 11.7. The Bertz CT molecular complexity index is 1010. The minimum atomic E-state index is -3.40. The number of hydrogen-bond donors (Lipinski definition) is 0. The fourth-order valence-electron chi connectivity index (χ4n) is 2.99. The fraction of sp³-hybridized carbons (Fsp3) is 0.500. The molecule has 0 N–H and O–H groups in total. The Hall–Kier alpha value is -2.95. The largest absolute Gasteiger partial charge is 0.486 e. The van der Waals surface area contributed by atoms with Gasteiger partial charge in [0.25, 0.3) is 0 Å². The smallest absolute Gasteiger partial charge is 0.410 e. The number of sulfone groups is 1. The second kappa shape index (κ2) is 9.04. The van der Waals surface area contributed by atoms with Gasteiger partial charge in [-0.05, 0) is 26.8 Å². The van der Waals surface area contributed by atoms with Crippen LogP contribution in [0.1, 0.15) is 26.3 Å². The highest BCUT2D eigenvalue weighted by Crippen LogP contribution is 2.19. The summed E-state index contributed by atoms with van der Waals surface area (Å²) in [6.07, 6.45) is 6.73. The standard InChI is InChI=1S/C20H27N5O5S/c1-20(2,3)30-19(26)25-9-7-24(8-10-25)18-22-11-16(12-23-18)29-14-15-5-6-21-13-17(15)31(4,27)28/h5-6,11-13H,7-10,14H2,1-4H3. The van der Waals surface area contributed by atoms with Gasteiger partial charge >= 0.3 is 6.09 Å². The van der Waals surface area contributed by atoms with Crippen LogP contribution in [0.5, 0.6) is 5.75 Å². The van der Waals surface area contributed by atoms with E-state index in [-0.39, 0.29) is 17.6 Å². The van der Waals surface area contributed by atoms with E-state index in [2.05, 4.69) is 15.0 Å². The second-order valence-corrected chi connectivity index (χ2v) is 10.2. The lowest BCUT2D eigenvalue weighted by Crippen LogP contribution is -2.50. The molecule has 2 aromatic rings. The van der Waals surface area contributed by atoms with Crippen molar-refractivity contribution >= 4 is 21.9 Å². The lowest BCUT2D eigenvalue weighted by Gasteiger charge is -2.35. The molecule has 0 aromatic carbocycles. The molecular weight excluding hydrogens is 422 g/mol. The molecule has 168 valence electrons. The van der Waals surface area contributed by atoms with Gasteiger partial charge in [0, 0.05) is 50.4 Å². The summed E-state index contributed by atoms with van der Waals surface area (Å²) in [5.74, 6) is 0.962. The summed E-state index contributed by atoms with van der Waals surface area (Å²) in [7, 11) is -3.40. The van der Waals surface area contributed by atoms with Crippen molar-refractivity contribution in [3.8, 4) is 5.75 Å². The van der Waals surface area contributed by atoms with E-state index in [1.807, 2.05) is 25.7 Å². The molecule has 0 saturated carbocycles. The van der Waals surface area contributed by atoms with E-state index >= 15 is 0 Å². The molecule has 2 aromatic heterocycles. The van der Waals surface area contributed by atoms with Crippen LogP contribution in [0.25, 0.3) is 0 Å². The second-order valence-electron chi connectivity index (χ2n) is 8.22. The maximum Gasteiger partial charge on any atom is 0.410 e. The van der Waals surface area contributed by atoms with Crippen LogP contribution in [0, 0.1) is 0 Å². The highest BCUT2D eigenvalue weighted by atomic mass is 32.2. The number of amides is 1. The number of ether oxygens (including phenoxy) is 2. The maximum absolute atomic E-state index is 12.2. The minimum absolute atomic E-state index is 0.0577. The first-order chi connectivity index (χ1) is 14.5. The summed E-state index contributed by atoms with van der Waals surface area (Å²) >= 11 is 0. The van der Waals surface area contributed by atoms with Crippen molar-refractivity contribution in [2.75, 3.05) is 37.3 Å². The van der Waals surface area contributed by atoms with Gasteiger partial charge in [0.2, 0.25) is 5.95 Å². The lowest BCUT2D eigenvalue weighted by atomic mass is 10.2. The molecule has 1 amide bonds. The van der Waals surface area contributed by atoms with Crippen molar-refractivity contribution in [1.82, 2.24) is 19.9 Å². The number of carbonyl (C=O) groups is 1. The quantitative estimate of drug-likeness (QED) is 0.675. The first kappa shape index (κ1) is 22.7. The average Bonchev–Trinajstić information content (AvgIpc) is 2.71. The summed E-state index contributed by atoms with van der Waals surface area (Å²) < 4.78 is 34.8. The van der Waals surface area contributed by atoms with Gasteiger partial charge in [-0.1, -0.05) is 0 Å². The third-order valence-corrected chi connectivity index (χ3v) is 5.66. The van der Waals surface area contributed by atoms with Crippen molar-refractivity contribution in [3.05, 3.63) is 36.4 Å². The van der Waals surface area contributed by atoms with Crippen molar-refractivity contribution in [1.29, 1.82) is 0 Å². The van der Waals surface area contributed by atoms with E-state index in [9.17, 15) is 13.2 Å². The summed E-state index contributed by atoms with van der Waals surface area (Å²) in [6, 6.07) is 1.61. The van der Waals surface area contributed by atoms with E-state index in [1.165, 1.54) is 12.4 Å². The van der Waals surface area contributed by atoms with Gasteiger partial charge in [-0.25, -0.2) is 23.2 Å². The zero-order valence-corrected chi connectivity index (χ0v) is 18.9.